The second-order valence-corrected chi connectivity index (χ2v) is 5.05. The fraction of sp³-hybridized carbons (Fsp3) is 0.294. The van der Waals surface area contributed by atoms with Gasteiger partial charge in [0.25, 0.3) is 0 Å². The average molecular weight is 290 g/mol. The second-order valence-electron chi connectivity index (χ2n) is 4.65. The Kier molecular flexibility index (Phi) is 5.45. The Morgan fingerprint density at radius 1 is 1.00 bits per heavy atom. The fourth-order valence-electron chi connectivity index (χ4n) is 2.30. The minimum absolute atomic E-state index is 0.695. The van der Waals surface area contributed by atoms with Gasteiger partial charge in [0.15, 0.2) is 0 Å². The van der Waals surface area contributed by atoms with Gasteiger partial charge in [0, 0.05) is 23.7 Å². The predicted octanol–water partition coefficient (Wildman–Crippen LogP) is 4.20. The Labute approximate surface area is 125 Å². The Hall–Kier alpha value is -1.51. The van der Waals surface area contributed by atoms with Gasteiger partial charge in [-0.1, -0.05) is 48.9 Å². The molecular formula is C17H20ClNO. The first-order chi connectivity index (χ1) is 9.76. The lowest BCUT2D eigenvalue weighted by atomic mass is 10.1. The molecule has 0 radical (unpaired) electrons. The molecule has 0 saturated heterocycles. The summed E-state index contributed by atoms with van der Waals surface area (Å²) < 4.78 is 5.35. The second kappa shape index (κ2) is 7.32. The first-order valence-electron chi connectivity index (χ1n) is 6.85. The van der Waals surface area contributed by atoms with Crippen molar-refractivity contribution >= 4 is 11.6 Å². The summed E-state index contributed by atoms with van der Waals surface area (Å²) in [6, 6.07) is 14.2. The predicted molar refractivity (Wildman–Crippen MR) is 84.4 cm³/mol. The molecule has 3 heteroatoms. The van der Waals surface area contributed by atoms with E-state index in [0.717, 1.165) is 29.3 Å². The summed E-state index contributed by atoms with van der Waals surface area (Å²) in [7, 11) is 1.67. The fourth-order valence-corrected chi connectivity index (χ4v) is 2.53. The zero-order valence-corrected chi connectivity index (χ0v) is 12.7. The van der Waals surface area contributed by atoms with E-state index in [2.05, 4.69) is 36.5 Å². The molecule has 0 aliphatic heterocycles. The molecule has 0 aliphatic rings. The Morgan fingerprint density at radius 3 is 2.45 bits per heavy atom. The van der Waals surface area contributed by atoms with Crippen molar-refractivity contribution in [2.24, 2.45) is 0 Å². The molecule has 0 bridgehead atoms. The zero-order valence-electron chi connectivity index (χ0n) is 11.9. The summed E-state index contributed by atoms with van der Waals surface area (Å²) in [5.74, 6) is 0.828. The topological polar surface area (TPSA) is 21.3 Å². The molecule has 0 unspecified atom stereocenters. The van der Waals surface area contributed by atoms with E-state index < -0.39 is 0 Å². The van der Waals surface area contributed by atoms with Crippen LogP contribution in [0, 0.1) is 0 Å². The van der Waals surface area contributed by atoms with Gasteiger partial charge >= 0.3 is 0 Å². The number of hydrogen-bond acceptors (Lipinski definition) is 2. The number of nitrogens with one attached hydrogen (secondary N) is 1. The smallest absolute Gasteiger partial charge is 0.124 e. The van der Waals surface area contributed by atoms with Crippen LogP contribution < -0.4 is 10.1 Å². The highest BCUT2D eigenvalue weighted by Crippen LogP contribution is 2.26. The number of methoxy groups -OCH3 is 1. The van der Waals surface area contributed by atoms with E-state index >= 15 is 0 Å². The third-order valence-electron chi connectivity index (χ3n) is 3.41. The zero-order chi connectivity index (χ0) is 14.4. The molecule has 2 aromatic rings. The molecule has 0 amide bonds. The molecule has 0 heterocycles. The van der Waals surface area contributed by atoms with Crippen molar-refractivity contribution in [2.45, 2.75) is 26.4 Å². The highest BCUT2D eigenvalue weighted by molar-refractivity contribution is 6.31. The quantitative estimate of drug-likeness (QED) is 0.860. The number of halogens is 1. The third kappa shape index (κ3) is 3.53. The van der Waals surface area contributed by atoms with E-state index in [4.69, 9.17) is 16.3 Å². The van der Waals surface area contributed by atoms with Crippen LogP contribution in [0.2, 0.25) is 5.02 Å². The first kappa shape index (κ1) is 14.9. The van der Waals surface area contributed by atoms with Crippen LogP contribution in [0.15, 0.2) is 42.5 Å². The highest BCUT2D eigenvalue weighted by atomic mass is 35.5. The minimum Gasteiger partial charge on any atom is -0.496 e. The largest absolute Gasteiger partial charge is 0.496 e. The molecule has 2 rings (SSSR count). The first-order valence-corrected chi connectivity index (χ1v) is 7.23. The molecule has 2 nitrogen and oxygen atoms in total. The Balaban J connectivity index is 2.03. The van der Waals surface area contributed by atoms with Gasteiger partial charge in [-0.05, 0) is 29.7 Å². The maximum absolute atomic E-state index is 6.23. The summed E-state index contributed by atoms with van der Waals surface area (Å²) in [6.45, 7) is 3.70. The lowest BCUT2D eigenvalue weighted by molar-refractivity contribution is 0.407. The molecule has 0 aliphatic carbocycles. The number of hydrogen-bond donors (Lipinski definition) is 1. The molecule has 1 N–H and O–H groups in total. The van der Waals surface area contributed by atoms with E-state index in [1.54, 1.807) is 7.11 Å². The molecular weight excluding hydrogens is 270 g/mol. The normalized spacial score (nSPS) is 10.6. The van der Waals surface area contributed by atoms with Crippen LogP contribution in [-0.4, -0.2) is 7.11 Å². The lowest BCUT2D eigenvalue weighted by Crippen LogP contribution is -2.15. The van der Waals surface area contributed by atoms with Gasteiger partial charge in [0.2, 0.25) is 0 Å². The van der Waals surface area contributed by atoms with Crippen LogP contribution >= 0.6 is 11.6 Å². The van der Waals surface area contributed by atoms with Crippen LogP contribution in [0.1, 0.15) is 23.6 Å². The molecule has 20 heavy (non-hydrogen) atoms. The molecule has 106 valence electrons. The lowest BCUT2D eigenvalue weighted by Gasteiger charge is -2.13. The molecule has 0 fully saturated rings. The van der Waals surface area contributed by atoms with E-state index in [0.29, 0.717) is 6.54 Å². The van der Waals surface area contributed by atoms with Gasteiger partial charge in [-0.3, -0.25) is 0 Å². The van der Waals surface area contributed by atoms with Gasteiger partial charge in [-0.25, -0.2) is 0 Å². The molecule has 0 atom stereocenters. The molecule has 0 saturated carbocycles. The maximum atomic E-state index is 6.23. The number of rotatable bonds is 6. The van der Waals surface area contributed by atoms with Crippen LogP contribution in [0.5, 0.6) is 5.75 Å². The van der Waals surface area contributed by atoms with E-state index in [9.17, 15) is 0 Å². The van der Waals surface area contributed by atoms with Crippen molar-refractivity contribution in [2.75, 3.05) is 7.11 Å². The SMILES string of the molecule is CCc1ccccc1CNCc1c(Cl)cccc1OC. The summed E-state index contributed by atoms with van der Waals surface area (Å²) >= 11 is 6.23. The van der Waals surface area contributed by atoms with Crippen LogP contribution in [0.3, 0.4) is 0 Å². The summed E-state index contributed by atoms with van der Waals surface area (Å²) in [5.41, 5.74) is 3.72. The van der Waals surface area contributed by atoms with E-state index in [1.807, 2.05) is 18.2 Å². The molecule has 0 spiro atoms. The standard InChI is InChI=1S/C17H20ClNO/c1-3-13-7-4-5-8-14(13)11-19-12-15-16(18)9-6-10-17(15)20-2/h4-10,19H,3,11-12H2,1-2H3. The van der Waals surface area contributed by atoms with Crippen molar-refractivity contribution in [3.8, 4) is 5.75 Å². The van der Waals surface area contributed by atoms with Crippen molar-refractivity contribution in [1.29, 1.82) is 0 Å². The van der Waals surface area contributed by atoms with Gasteiger partial charge in [-0.15, -0.1) is 0 Å². The molecule has 0 aromatic heterocycles. The number of benzene rings is 2. The van der Waals surface area contributed by atoms with E-state index in [1.165, 1.54) is 11.1 Å². The summed E-state index contributed by atoms with van der Waals surface area (Å²) in [4.78, 5) is 0. The molecule has 2 aromatic carbocycles. The van der Waals surface area contributed by atoms with Crippen molar-refractivity contribution < 1.29 is 4.74 Å². The van der Waals surface area contributed by atoms with Gasteiger partial charge in [0.05, 0.1) is 7.11 Å². The monoisotopic (exact) mass is 289 g/mol. The Morgan fingerprint density at radius 2 is 1.75 bits per heavy atom. The van der Waals surface area contributed by atoms with Gasteiger partial charge in [0.1, 0.15) is 5.75 Å². The van der Waals surface area contributed by atoms with Crippen molar-refractivity contribution in [3.63, 3.8) is 0 Å². The Bertz CT molecular complexity index is 569. The van der Waals surface area contributed by atoms with E-state index in [-0.39, 0.29) is 0 Å². The summed E-state index contributed by atoms with van der Waals surface area (Å²) in [5, 5.41) is 4.18. The number of aryl methyl sites for hydroxylation is 1. The van der Waals surface area contributed by atoms with Gasteiger partial charge < -0.3 is 10.1 Å². The minimum atomic E-state index is 0.695. The van der Waals surface area contributed by atoms with Crippen LogP contribution in [-0.2, 0) is 19.5 Å². The maximum Gasteiger partial charge on any atom is 0.124 e. The third-order valence-corrected chi connectivity index (χ3v) is 3.77. The van der Waals surface area contributed by atoms with Crippen molar-refractivity contribution in [3.05, 3.63) is 64.2 Å². The van der Waals surface area contributed by atoms with Gasteiger partial charge in [-0.2, -0.15) is 0 Å². The average Bonchev–Trinajstić information content (AvgIpc) is 2.49. The summed E-state index contributed by atoms with van der Waals surface area (Å²) in [6.07, 6.45) is 1.05. The van der Waals surface area contributed by atoms with Crippen molar-refractivity contribution in [1.82, 2.24) is 5.32 Å². The van der Waals surface area contributed by atoms with Crippen LogP contribution in [0.25, 0.3) is 0 Å². The van der Waals surface area contributed by atoms with Crippen LogP contribution in [0.4, 0.5) is 0 Å². The highest BCUT2D eigenvalue weighted by Gasteiger charge is 2.07. The number of ether oxygens (including phenoxy) is 1.